The molecule has 0 aromatic carbocycles. The van der Waals surface area contributed by atoms with Gasteiger partial charge in [-0.1, -0.05) is 0 Å². The second-order valence-electron chi connectivity index (χ2n) is 5.07. The Kier molecular flexibility index (Phi) is 8.48. The molecule has 0 saturated heterocycles. The SMILES string of the molecule is CCCCCCCCC#[C][Ge]([CH3])([CH3])[CH3]. The van der Waals surface area contributed by atoms with E-state index in [1.54, 1.807) is 0 Å². The molecule has 0 aliphatic carbocycles. The Morgan fingerprint density at radius 3 is 2.00 bits per heavy atom. The zero-order valence-electron chi connectivity index (χ0n) is 10.4. The van der Waals surface area contributed by atoms with E-state index in [-0.39, 0.29) is 0 Å². The Labute approximate surface area is 93.2 Å². The van der Waals surface area contributed by atoms with Crippen molar-refractivity contribution in [2.75, 3.05) is 0 Å². The molecule has 1 heteroatoms. The second kappa shape index (κ2) is 8.41. The van der Waals surface area contributed by atoms with Crippen LogP contribution < -0.4 is 0 Å². The molecule has 0 nitrogen and oxygen atoms in total. The molecule has 0 bridgehead atoms. The van der Waals surface area contributed by atoms with Gasteiger partial charge in [0, 0.05) is 0 Å². The quantitative estimate of drug-likeness (QED) is 0.369. The van der Waals surface area contributed by atoms with Crippen molar-refractivity contribution in [1.29, 1.82) is 0 Å². The van der Waals surface area contributed by atoms with Crippen LogP contribution in [-0.4, -0.2) is 13.3 Å². The summed E-state index contributed by atoms with van der Waals surface area (Å²) >= 11 is -1.55. The van der Waals surface area contributed by atoms with Crippen molar-refractivity contribution in [1.82, 2.24) is 0 Å². The van der Waals surface area contributed by atoms with E-state index in [0.29, 0.717) is 0 Å². The van der Waals surface area contributed by atoms with Crippen molar-refractivity contribution < 1.29 is 0 Å². The topological polar surface area (TPSA) is 0 Å². The van der Waals surface area contributed by atoms with Crippen molar-refractivity contribution in [3.8, 4) is 10.7 Å². The van der Waals surface area contributed by atoms with E-state index >= 15 is 0 Å². The summed E-state index contributed by atoms with van der Waals surface area (Å²) < 4.78 is 3.46. The summed E-state index contributed by atoms with van der Waals surface area (Å²) in [4.78, 5) is 0. The normalized spacial score (nSPS) is 10.9. The van der Waals surface area contributed by atoms with Crippen LogP contribution >= 0.6 is 0 Å². The van der Waals surface area contributed by atoms with Gasteiger partial charge >= 0.3 is 93.1 Å². The molecule has 0 aliphatic rings. The third-order valence-electron chi connectivity index (χ3n) is 2.12. The maximum atomic E-state index is 3.46. The molecule has 0 aromatic rings. The predicted molar refractivity (Wildman–Crippen MR) is 69.1 cm³/mol. The van der Waals surface area contributed by atoms with E-state index in [0.717, 1.165) is 6.42 Å². The van der Waals surface area contributed by atoms with Crippen molar-refractivity contribution in [3.63, 3.8) is 0 Å². The van der Waals surface area contributed by atoms with Crippen LogP contribution in [0.1, 0.15) is 51.9 Å². The van der Waals surface area contributed by atoms with Crippen molar-refractivity contribution in [2.24, 2.45) is 0 Å². The van der Waals surface area contributed by atoms with E-state index in [2.05, 4.69) is 34.9 Å². The molecule has 0 saturated carbocycles. The third kappa shape index (κ3) is 12.1. The first kappa shape index (κ1) is 14.1. The van der Waals surface area contributed by atoms with Gasteiger partial charge in [-0.2, -0.15) is 0 Å². The molecule has 0 unspecified atom stereocenters. The molecule has 82 valence electrons. The van der Waals surface area contributed by atoms with Gasteiger partial charge in [0.05, 0.1) is 0 Å². The zero-order valence-corrected chi connectivity index (χ0v) is 12.5. The molecule has 0 spiro atoms. The van der Waals surface area contributed by atoms with E-state index < -0.39 is 13.3 Å². The standard InChI is InChI=1S/C13H26Ge/c1-5-6-7-8-9-10-11-12-13-14(2,3)4/h5-11H2,1-4H3. The number of unbranched alkanes of at least 4 members (excludes halogenated alkanes) is 6. The Bertz CT molecular complexity index is 178. The van der Waals surface area contributed by atoms with Crippen LogP contribution in [-0.2, 0) is 0 Å². The minimum absolute atomic E-state index is 1.13. The van der Waals surface area contributed by atoms with Crippen molar-refractivity contribution >= 4 is 13.3 Å². The Morgan fingerprint density at radius 1 is 0.857 bits per heavy atom. The van der Waals surface area contributed by atoms with Crippen LogP contribution in [0.2, 0.25) is 17.3 Å². The summed E-state index contributed by atoms with van der Waals surface area (Å²) in [5.74, 6) is 10.4. The fourth-order valence-electron chi connectivity index (χ4n) is 1.32. The average Bonchev–Trinajstić information content (AvgIpc) is 2.08. The monoisotopic (exact) mass is 256 g/mol. The van der Waals surface area contributed by atoms with E-state index in [9.17, 15) is 0 Å². The first-order valence-corrected chi connectivity index (χ1v) is 13.4. The molecular formula is C13H26Ge. The summed E-state index contributed by atoms with van der Waals surface area (Å²) in [6, 6.07) is 0. The molecule has 0 fully saturated rings. The minimum atomic E-state index is -1.55. The van der Waals surface area contributed by atoms with Gasteiger partial charge in [-0.25, -0.2) is 0 Å². The molecule has 0 heterocycles. The number of hydrogen-bond acceptors (Lipinski definition) is 0. The molecule has 0 aromatic heterocycles. The number of rotatable bonds is 6. The van der Waals surface area contributed by atoms with Gasteiger partial charge in [-0.15, -0.1) is 0 Å². The molecule has 0 atom stereocenters. The molecule has 14 heavy (non-hydrogen) atoms. The first-order valence-electron chi connectivity index (χ1n) is 6.06. The van der Waals surface area contributed by atoms with Crippen molar-refractivity contribution in [3.05, 3.63) is 0 Å². The fourth-order valence-corrected chi connectivity index (χ4v) is 2.70. The van der Waals surface area contributed by atoms with Crippen LogP contribution in [0.3, 0.4) is 0 Å². The van der Waals surface area contributed by atoms with Gasteiger partial charge in [0.1, 0.15) is 0 Å². The van der Waals surface area contributed by atoms with Gasteiger partial charge < -0.3 is 0 Å². The molecule has 0 N–H and O–H groups in total. The summed E-state index contributed by atoms with van der Waals surface area (Å²) in [6.45, 7) is 2.26. The molecule has 0 amide bonds. The predicted octanol–water partition coefficient (Wildman–Crippen LogP) is 4.62. The van der Waals surface area contributed by atoms with Gasteiger partial charge in [0.15, 0.2) is 0 Å². The van der Waals surface area contributed by atoms with Crippen molar-refractivity contribution in [2.45, 2.75) is 69.1 Å². The second-order valence-corrected chi connectivity index (χ2v) is 15.0. The van der Waals surface area contributed by atoms with Gasteiger partial charge in [-0.05, 0) is 0 Å². The molecule has 0 radical (unpaired) electrons. The van der Waals surface area contributed by atoms with E-state index in [4.69, 9.17) is 0 Å². The summed E-state index contributed by atoms with van der Waals surface area (Å²) in [7, 11) is 0. The van der Waals surface area contributed by atoms with E-state index in [1.807, 2.05) is 0 Å². The van der Waals surface area contributed by atoms with Crippen LogP contribution in [0.5, 0.6) is 0 Å². The first-order chi connectivity index (χ1) is 6.56. The third-order valence-corrected chi connectivity index (χ3v) is 4.06. The van der Waals surface area contributed by atoms with Crippen LogP contribution in [0.15, 0.2) is 0 Å². The van der Waals surface area contributed by atoms with E-state index in [1.165, 1.54) is 38.5 Å². The summed E-state index contributed by atoms with van der Waals surface area (Å²) in [6.07, 6.45) is 9.41. The van der Waals surface area contributed by atoms with Gasteiger partial charge in [0.25, 0.3) is 0 Å². The molecule has 0 aliphatic heterocycles. The summed E-state index contributed by atoms with van der Waals surface area (Å²) in [5, 5.41) is 0. The van der Waals surface area contributed by atoms with Crippen LogP contribution in [0, 0.1) is 10.7 Å². The van der Waals surface area contributed by atoms with Gasteiger partial charge in [-0.3, -0.25) is 0 Å². The van der Waals surface area contributed by atoms with Crippen LogP contribution in [0.25, 0.3) is 0 Å². The Balaban J connectivity index is 3.24. The van der Waals surface area contributed by atoms with Gasteiger partial charge in [0.2, 0.25) is 0 Å². The Hall–Kier alpha value is 0.103. The summed E-state index contributed by atoms with van der Waals surface area (Å²) in [5.41, 5.74) is 0. The maximum absolute atomic E-state index is 3.46. The average molecular weight is 255 g/mol. The fraction of sp³-hybridized carbons (Fsp3) is 0.846. The van der Waals surface area contributed by atoms with Crippen LogP contribution in [0.4, 0.5) is 0 Å². The Morgan fingerprint density at radius 2 is 1.43 bits per heavy atom. The number of hydrogen-bond donors (Lipinski definition) is 0. The molecule has 0 rings (SSSR count). The molecular weight excluding hydrogens is 229 g/mol. The zero-order chi connectivity index (χ0) is 10.9.